The van der Waals surface area contributed by atoms with Crippen molar-refractivity contribution in [2.24, 2.45) is 0 Å². The predicted molar refractivity (Wildman–Crippen MR) is 112 cm³/mol. The molecule has 0 saturated carbocycles. The predicted octanol–water partition coefficient (Wildman–Crippen LogP) is 1.90. The number of hydrogen-bond acceptors (Lipinski definition) is 8. The molecule has 30 heavy (non-hydrogen) atoms. The van der Waals surface area contributed by atoms with Gasteiger partial charge in [0.15, 0.2) is 6.61 Å². The van der Waals surface area contributed by atoms with Gasteiger partial charge in [-0.3, -0.25) is 25.2 Å². The van der Waals surface area contributed by atoms with Crippen LogP contribution in [0.5, 0.6) is 0 Å². The number of nitrogens with zero attached hydrogens (tertiary/aromatic N) is 1. The van der Waals surface area contributed by atoms with Gasteiger partial charge in [0.1, 0.15) is 10.0 Å². The Kier molecular flexibility index (Phi) is 7.16. The number of hydrazine groups is 1. The van der Waals surface area contributed by atoms with E-state index in [0.717, 1.165) is 41.8 Å². The largest absolute Gasteiger partial charge is 0.452 e. The lowest BCUT2D eigenvalue weighted by Gasteiger charge is -2.13. The first kappa shape index (κ1) is 21.9. The van der Waals surface area contributed by atoms with Gasteiger partial charge in [0, 0.05) is 22.9 Å². The quantitative estimate of drug-likeness (QED) is 0.456. The zero-order chi connectivity index (χ0) is 21.7. The molecule has 2 aromatic heterocycles. The number of ether oxygens (including phenoxy) is 1. The molecule has 0 fully saturated rings. The number of aryl methyl sites for hydroxylation is 2. The second-order valence-electron chi connectivity index (χ2n) is 6.83. The van der Waals surface area contributed by atoms with Gasteiger partial charge >= 0.3 is 5.97 Å². The van der Waals surface area contributed by atoms with E-state index in [1.165, 1.54) is 29.6 Å². The Hall–Kier alpha value is -2.79. The second kappa shape index (κ2) is 9.81. The molecule has 1 aliphatic rings. The van der Waals surface area contributed by atoms with E-state index in [2.05, 4.69) is 21.2 Å². The van der Waals surface area contributed by atoms with Gasteiger partial charge in [-0.25, -0.2) is 9.78 Å². The third-order valence-electron chi connectivity index (χ3n) is 4.32. The molecule has 1 aliphatic carbocycles. The molecule has 0 saturated heterocycles. The van der Waals surface area contributed by atoms with Gasteiger partial charge < -0.3 is 10.1 Å². The molecule has 0 radical (unpaired) electrons. The molecular weight excluding hydrogens is 428 g/mol. The summed E-state index contributed by atoms with van der Waals surface area (Å²) in [4.78, 5) is 53.1. The summed E-state index contributed by atoms with van der Waals surface area (Å²) >= 11 is 2.73. The Morgan fingerprint density at radius 2 is 1.87 bits per heavy atom. The number of carbonyl (C=O) groups is 4. The Morgan fingerprint density at radius 3 is 2.57 bits per heavy atom. The molecular formula is C19H22N4O5S2. The van der Waals surface area contributed by atoms with Gasteiger partial charge in [0.05, 0.1) is 12.0 Å². The smallest absolute Gasteiger partial charge is 0.341 e. The van der Waals surface area contributed by atoms with Crippen LogP contribution < -0.4 is 16.2 Å². The first-order valence-corrected chi connectivity index (χ1v) is 11.1. The third-order valence-corrected chi connectivity index (χ3v) is 6.49. The molecule has 2 heterocycles. The lowest BCUT2D eigenvalue weighted by molar-refractivity contribution is -0.130. The molecule has 9 nitrogen and oxygen atoms in total. The maximum absolute atomic E-state index is 12.6. The van der Waals surface area contributed by atoms with Gasteiger partial charge in [-0.15, -0.1) is 22.7 Å². The minimum atomic E-state index is -0.669. The van der Waals surface area contributed by atoms with Crippen molar-refractivity contribution in [1.82, 2.24) is 15.8 Å². The molecule has 0 atom stereocenters. The minimum absolute atomic E-state index is 0.0414. The molecule has 0 bridgehead atoms. The molecule has 0 aliphatic heterocycles. The second-order valence-corrected chi connectivity index (χ2v) is 8.88. The van der Waals surface area contributed by atoms with Crippen molar-refractivity contribution in [2.45, 2.75) is 46.0 Å². The number of nitrogens with one attached hydrogen (secondary N) is 3. The monoisotopic (exact) mass is 450 g/mol. The summed E-state index contributed by atoms with van der Waals surface area (Å²) in [5.41, 5.74) is 6.51. The fourth-order valence-electron chi connectivity index (χ4n) is 3.07. The molecule has 3 amide bonds. The van der Waals surface area contributed by atoms with E-state index in [1.807, 2.05) is 12.3 Å². The van der Waals surface area contributed by atoms with Gasteiger partial charge in [0.25, 0.3) is 5.91 Å². The zero-order valence-corrected chi connectivity index (χ0v) is 18.3. The van der Waals surface area contributed by atoms with Gasteiger partial charge in [-0.05, 0) is 38.2 Å². The summed E-state index contributed by atoms with van der Waals surface area (Å²) < 4.78 is 5.13. The SMILES string of the molecule is CC(=O)Nc1sc2c(c1C(=O)OCC(=O)NNC(=O)Cc1nc(C)cs1)CCCC2. The molecule has 0 spiro atoms. The number of esters is 1. The number of carbonyl (C=O) groups excluding carboxylic acids is 4. The van der Waals surface area contributed by atoms with Crippen molar-refractivity contribution in [3.8, 4) is 0 Å². The van der Waals surface area contributed by atoms with Crippen LogP contribution in [0.25, 0.3) is 0 Å². The molecule has 3 N–H and O–H groups in total. The number of anilines is 1. The highest BCUT2D eigenvalue weighted by Gasteiger charge is 2.27. The molecule has 2 aromatic rings. The number of rotatable bonds is 6. The van der Waals surface area contributed by atoms with E-state index in [1.54, 1.807) is 0 Å². The summed E-state index contributed by atoms with van der Waals surface area (Å²) in [5, 5.41) is 5.60. The summed E-state index contributed by atoms with van der Waals surface area (Å²) in [6, 6.07) is 0. The van der Waals surface area contributed by atoms with E-state index in [9.17, 15) is 19.2 Å². The number of amides is 3. The van der Waals surface area contributed by atoms with Crippen LogP contribution >= 0.6 is 22.7 Å². The summed E-state index contributed by atoms with van der Waals surface area (Å²) in [7, 11) is 0. The minimum Gasteiger partial charge on any atom is -0.452 e. The highest BCUT2D eigenvalue weighted by atomic mass is 32.1. The maximum atomic E-state index is 12.6. The average Bonchev–Trinajstić information content (AvgIpc) is 3.26. The number of thiophene rings is 1. The zero-order valence-electron chi connectivity index (χ0n) is 16.6. The maximum Gasteiger partial charge on any atom is 0.341 e. The van der Waals surface area contributed by atoms with E-state index in [-0.39, 0.29) is 12.3 Å². The van der Waals surface area contributed by atoms with Crippen LogP contribution in [0.15, 0.2) is 5.38 Å². The molecule has 160 valence electrons. The highest BCUT2D eigenvalue weighted by molar-refractivity contribution is 7.17. The van der Waals surface area contributed by atoms with E-state index >= 15 is 0 Å². The van der Waals surface area contributed by atoms with Gasteiger partial charge in [-0.2, -0.15) is 0 Å². The molecule has 0 unspecified atom stereocenters. The van der Waals surface area contributed by atoms with Crippen molar-refractivity contribution in [1.29, 1.82) is 0 Å². The Labute approximate surface area is 181 Å². The normalized spacial score (nSPS) is 12.6. The van der Waals surface area contributed by atoms with Gasteiger partial charge in [0.2, 0.25) is 11.8 Å². The fourth-order valence-corrected chi connectivity index (χ4v) is 5.17. The summed E-state index contributed by atoms with van der Waals surface area (Å²) in [6.45, 7) is 2.65. The van der Waals surface area contributed by atoms with Gasteiger partial charge in [-0.1, -0.05) is 0 Å². The van der Waals surface area contributed by atoms with Crippen molar-refractivity contribution in [2.75, 3.05) is 11.9 Å². The first-order valence-electron chi connectivity index (χ1n) is 9.41. The molecule has 11 heteroatoms. The van der Waals surface area contributed by atoms with Crippen LogP contribution in [0.4, 0.5) is 5.00 Å². The topological polar surface area (TPSA) is 126 Å². The fraction of sp³-hybridized carbons (Fsp3) is 0.421. The van der Waals surface area contributed by atoms with Crippen LogP contribution in [0, 0.1) is 6.92 Å². The Balaban J connectivity index is 1.53. The third kappa shape index (κ3) is 5.63. The van der Waals surface area contributed by atoms with E-state index in [4.69, 9.17) is 4.74 Å². The van der Waals surface area contributed by atoms with E-state index < -0.39 is 24.4 Å². The molecule has 0 aromatic carbocycles. The molecule has 3 rings (SSSR count). The van der Waals surface area contributed by atoms with Crippen molar-refractivity contribution in [3.63, 3.8) is 0 Å². The Bertz CT molecular complexity index is 982. The van der Waals surface area contributed by atoms with Crippen LogP contribution in [0.2, 0.25) is 0 Å². The number of aromatic nitrogens is 1. The summed E-state index contributed by atoms with van der Waals surface area (Å²) in [6.07, 6.45) is 3.61. The van der Waals surface area contributed by atoms with E-state index in [0.29, 0.717) is 15.6 Å². The number of thiazole rings is 1. The lowest BCUT2D eigenvalue weighted by Crippen LogP contribution is -2.44. The summed E-state index contributed by atoms with van der Waals surface area (Å²) in [5.74, 6) is -2.04. The standard InChI is InChI=1S/C19H22N4O5S2/c1-10-9-29-16(20-10)7-14(25)22-23-15(26)8-28-19(27)17-12-5-3-4-6-13(12)30-18(17)21-11(2)24/h9H,3-8H2,1-2H3,(H,21,24)(H,22,25)(H,23,26). The van der Waals surface area contributed by atoms with Crippen LogP contribution in [0.1, 0.15) is 51.3 Å². The average molecular weight is 451 g/mol. The number of hydrogen-bond donors (Lipinski definition) is 3. The Morgan fingerprint density at radius 1 is 1.13 bits per heavy atom. The highest BCUT2D eigenvalue weighted by Crippen LogP contribution is 2.38. The lowest BCUT2D eigenvalue weighted by atomic mass is 9.95. The van der Waals surface area contributed by atoms with Crippen molar-refractivity contribution >= 4 is 51.4 Å². The van der Waals surface area contributed by atoms with Crippen LogP contribution in [0.3, 0.4) is 0 Å². The van der Waals surface area contributed by atoms with Crippen molar-refractivity contribution in [3.05, 3.63) is 32.1 Å². The first-order chi connectivity index (χ1) is 14.3. The van der Waals surface area contributed by atoms with Crippen LogP contribution in [-0.2, 0) is 38.4 Å². The van der Waals surface area contributed by atoms with Crippen molar-refractivity contribution < 1.29 is 23.9 Å². The number of fused-ring (bicyclic) bond motifs is 1. The van der Waals surface area contributed by atoms with Crippen LogP contribution in [-0.4, -0.2) is 35.3 Å².